The first kappa shape index (κ1) is 12.6. The second kappa shape index (κ2) is 5.68. The Kier molecular flexibility index (Phi) is 3.78. The van der Waals surface area contributed by atoms with E-state index in [1.165, 1.54) is 0 Å². The Balaban J connectivity index is 2.36. The summed E-state index contributed by atoms with van der Waals surface area (Å²) in [6.45, 7) is 0. The molecule has 5 heteroatoms. The van der Waals surface area contributed by atoms with Crippen LogP contribution in [0.2, 0.25) is 0 Å². The second-order valence-electron chi connectivity index (χ2n) is 3.88. The van der Waals surface area contributed by atoms with Gasteiger partial charge in [-0.05, 0) is 0 Å². The molecule has 0 aliphatic rings. The summed E-state index contributed by atoms with van der Waals surface area (Å²) in [6.07, 6.45) is 0. The number of oxime groups is 2. The minimum atomic E-state index is 0.0359. The largest absolute Gasteiger partial charge is 0.410 e. The van der Waals surface area contributed by atoms with Crippen molar-refractivity contribution < 1.29 is 10.4 Å². The van der Waals surface area contributed by atoms with E-state index in [2.05, 4.69) is 10.3 Å². The van der Waals surface area contributed by atoms with Gasteiger partial charge in [-0.25, -0.2) is 0 Å². The Morgan fingerprint density at radius 2 is 1.26 bits per heavy atom. The van der Waals surface area contributed by atoms with E-state index in [0.717, 1.165) is 11.1 Å². The first-order valence-electron chi connectivity index (χ1n) is 5.62. The van der Waals surface area contributed by atoms with Gasteiger partial charge in [0.05, 0.1) is 0 Å². The lowest BCUT2D eigenvalue weighted by atomic mass is 10.0. The van der Waals surface area contributed by atoms with Gasteiger partial charge in [-0.3, -0.25) is 0 Å². The van der Waals surface area contributed by atoms with Crippen molar-refractivity contribution in [1.29, 1.82) is 0 Å². The van der Waals surface area contributed by atoms with Gasteiger partial charge < -0.3 is 16.1 Å². The molecule has 0 heterocycles. The molecule has 0 radical (unpaired) electrons. The van der Waals surface area contributed by atoms with E-state index in [0.29, 0.717) is 11.3 Å². The molecule has 19 heavy (non-hydrogen) atoms. The van der Waals surface area contributed by atoms with Gasteiger partial charge in [-0.15, -0.1) is 0 Å². The third kappa shape index (κ3) is 2.71. The lowest BCUT2D eigenvalue weighted by molar-refractivity contribution is 0.318. The summed E-state index contributed by atoms with van der Waals surface area (Å²) >= 11 is 0. The summed E-state index contributed by atoms with van der Waals surface area (Å²) < 4.78 is 0. The van der Waals surface area contributed by atoms with Crippen LogP contribution in [-0.4, -0.2) is 22.0 Å². The van der Waals surface area contributed by atoms with Crippen molar-refractivity contribution in [3.8, 4) is 0 Å². The van der Waals surface area contributed by atoms with Crippen LogP contribution in [0.4, 0.5) is 0 Å². The van der Waals surface area contributed by atoms with Gasteiger partial charge in [0.15, 0.2) is 5.84 Å². The molecule has 0 saturated carbocycles. The van der Waals surface area contributed by atoms with Crippen LogP contribution < -0.4 is 5.73 Å². The molecular weight excluding hydrogens is 242 g/mol. The summed E-state index contributed by atoms with van der Waals surface area (Å²) in [5.74, 6) is 0.0359. The maximum absolute atomic E-state index is 9.16. The molecule has 2 aromatic carbocycles. The zero-order valence-electron chi connectivity index (χ0n) is 10.1. The van der Waals surface area contributed by atoms with Gasteiger partial charge in [-0.1, -0.05) is 64.9 Å². The SMILES string of the molecule is N/C(=N\O)c1ccc(/C(=N/O)c2ccccc2)cc1. The van der Waals surface area contributed by atoms with Crippen molar-refractivity contribution >= 4 is 11.5 Å². The summed E-state index contributed by atoms with van der Waals surface area (Å²) in [5.41, 5.74) is 8.09. The van der Waals surface area contributed by atoms with Crippen molar-refractivity contribution in [2.45, 2.75) is 0 Å². The van der Waals surface area contributed by atoms with Crippen LogP contribution in [0.15, 0.2) is 64.9 Å². The van der Waals surface area contributed by atoms with Crippen LogP contribution in [0.1, 0.15) is 16.7 Å². The van der Waals surface area contributed by atoms with Gasteiger partial charge >= 0.3 is 0 Å². The Bertz CT molecular complexity index is 604. The van der Waals surface area contributed by atoms with Crippen LogP contribution in [0.5, 0.6) is 0 Å². The highest BCUT2D eigenvalue weighted by Gasteiger charge is 2.08. The maximum atomic E-state index is 9.16. The van der Waals surface area contributed by atoms with E-state index in [1.807, 2.05) is 30.3 Å². The zero-order valence-corrected chi connectivity index (χ0v) is 10.1. The fourth-order valence-electron chi connectivity index (χ4n) is 1.73. The summed E-state index contributed by atoms with van der Waals surface area (Å²) in [5, 5.41) is 24.0. The molecule has 0 fully saturated rings. The quantitative estimate of drug-likeness (QED) is 0.339. The Morgan fingerprint density at radius 3 is 1.79 bits per heavy atom. The lowest BCUT2D eigenvalue weighted by Crippen LogP contribution is -2.13. The van der Waals surface area contributed by atoms with Crippen molar-refractivity contribution in [2.75, 3.05) is 0 Å². The Morgan fingerprint density at radius 1 is 0.737 bits per heavy atom. The molecule has 2 rings (SSSR count). The van der Waals surface area contributed by atoms with Crippen LogP contribution in [0.3, 0.4) is 0 Å². The number of rotatable bonds is 3. The number of nitrogens with zero attached hydrogens (tertiary/aromatic N) is 2. The first-order valence-corrected chi connectivity index (χ1v) is 5.62. The predicted octanol–water partition coefficient (Wildman–Crippen LogP) is 2.01. The average Bonchev–Trinajstić information content (AvgIpc) is 2.49. The molecule has 2 aromatic rings. The fraction of sp³-hybridized carbons (Fsp3) is 0. The van der Waals surface area contributed by atoms with E-state index in [1.54, 1.807) is 24.3 Å². The molecule has 0 unspecified atom stereocenters. The normalized spacial score (nSPS) is 12.4. The lowest BCUT2D eigenvalue weighted by Gasteiger charge is -2.06. The van der Waals surface area contributed by atoms with Gasteiger partial charge in [0, 0.05) is 16.7 Å². The summed E-state index contributed by atoms with van der Waals surface area (Å²) in [7, 11) is 0. The number of benzene rings is 2. The molecule has 4 N–H and O–H groups in total. The minimum Gasteiger partial charge on any atom is -0.410 e. The third-order valence-electron chi connectivity index (χ3n) is 2.71. The van der Waals surface area contributed by atoms with Crippen molar-refractivity contribution in [3.63, 3.8) is 0 Å². The molecule has 0 atom stereocenters. The number of hydrogen-bond donors (Lipinski definition) is 3. The molecular formula is C14H13N3O2. The van der Waals surface area contributed by atoms with Crippen LogP contribution >= 0.6 is 0 Å². The predicted molar refractivity (Wildman–Crippen MR) is 72.8 cm³/mol. The second-order valence-corrected chi connectivity index (χ2v) is 3.88. The number of nitrogens with two attached hydrogens (primary N) is 1. The minimum absolute atomic E-state index is 0.0359. The highest BCUT2D eigenvalue weighted by molar-refractivity contribution is 6.12. The number of hydrogen-bond acceptors (Lipinski definition) is 4. The van der Waals surface area contributed by atoms with E-state index in [-0.39, 0.29) is 5.84 Å². The Labute approximate surface area is 110 Å². The molecule has 0 spiro atoms. The van der Waals surface area contributed by atoms with E-state index in [9.17, 15) is 0 Å². The zero-order chi connectivity index (χ0) is 13.7. The molecule has 0 aliphatic carbocycles. The van der Waals surface area contributed by atoms with Crippen molar-refractivity contribution in [2.24, 2.45) is 16.0 Å². The molecule has 96 valence electrons. The van der Waals surface area contributed by atoms with Crippen LogP contribution in [-0.2, 0) is 0 Å². The van der Waals surface area contributed by atoms with Crippen LogP contribution in [0, 0.1) is 0 Å². The van der Waals surface area contributed by atoms with E-state index >= 15 is 0 Å². The smallest absolute Gasteiger partial charge is 0.170 e. The molecule has 5 nitrogen and oxygen atoms in total. The standard InChI is InChI=1S/C14H13N3O2/c15-14(17-19)12-8-6-11(7-9-12)13(16-18)10-4-2-1-3-5-10/h1-9,18-19H,(H2,15,17)/b16-13+. The van der Waals surface area contributed by atoms with Gasteiger partial charge in [-0.2, -0.15) is 0 Å². The van der Waals surface area contributed by atoms with Crippen molar-refractivity contribution in [3.05, 3.63) is 71.3 Å². The Hall–Kier alpha value is -2.82. The molecule has 0 amide bonds. The highest BCUT2D eigenvalue weighted by atomic mass is 16.4. The fourth-order valence-corrected chi connectivity index (χ4v) is 1.73. The monoisotopic (exact) mass is 255 g/mol. The molecule has 0 saturated heterocycles. The van der Waals surface area contributed by atoms with E-state index in [4.69, 9.17) is 16.1 Å². The molecule has 0 bridgehead atoms. The third-order valence-corrected chi connectivity index (χ3v) is 2.71. The van der Waals surface area contributed by atoms with Gasteiger partial charge in [0.1, 0.15) is 5.71 Å². The first-order chi connectivity index (χ1) is 9.26. The van der Waals surface area contributed by atoms with Gasteiger partial charge in [0.25, 0.3) is 0 Å². The summed E-state index contributed by atoms with van der Waals surface area (Å²) in [6, 6.07) is 16.2. The maximum Gasteiger partial charge on any atom is 0.170 e. The highest BCUT2D eigenvalue weighted by Crippen LogP contribution is 2.12. The van der Waals surface area contributed by atoms with Gasteiger partial charge in [0.2, 0.25) is 0 Å². The average molecular weight is 255 g/mol. The molecule has 0 aromatic heterocycles. The topological polar surface area (TPSA) is 91.2 Å². The van der Waals surface area contributed by atoms with E-state index < -0.39 is 0 Å². The van der Waals surface area contributed by atoms with Crippen molar-refractivity contribution in [1.82, 2.24) is 0 Å². The summed E-state index contributed by atoms with van der Waals surface area (Å²) in [4.78, 5) is 0. The van der Waals surface area contributed by atoms with Crippen LogP contribution in [0.25, 0.3) is 0 Å². The molecule has 0 aliphatic heterocycles. The number of amidine groups is 1.